The third-order valence-corrected chi connectivity index (χ3v) is 2.49. The van der Waals surface area contributed by atoms with Gasteiger partial charge in [-0.25, -0.2) is 0 Å². The summed E-state index contributed by atoms with van der Waals surface area (Å²) in [6, 6.07) is 7.86. The van der Waals surface area contributed by atoms with Crippen molar-refractivity contribution in [3.8, 4) is 0 Å². The van der Waals surface area contributed by atoms with E-state index in [0.29, 0.717) is 5.92 Å². The second kappa shape index (κ2) is 6.01. The number of amides is 1. The molecule has 3 nitrogen and oxygen atoms in total. The third-order valence-electron chi connectivity index (χ3n) is 2.49. The van der Waals surface area contributed by atoms with Crippen LogP contribution in [-0.4, -0.2) is 18.1 Å². The molecule has 0 aliphatic heterocycles. The van der Waals surface area contributed by atoms with E-state index >= 15 is 0 Å². The first-order valence-electron chi connectivity index (χ1n) is 6.32. The second-order valence-electron chi connectivity index (χ2n) is 5.69. The number of rotatable bonds is 4. The van der Waals surface area contributed by atoms with Crippen LogP contribution in [0.3, 0.4) is 0 Å². The summed E-state index contributed by atoms with van der Waals surface area (Å²) < 4.78 is 5.45. The summed E-state index contributed by atoms with van der Waals surface area (Å²) in [5, 5.41) is 2.90. The van der Waals surface area contributed by atoms with Crippen LogP contribution in [0.2, 0.25) is 0 Å². The van der Waals surface area contributed by atoms with E-state index < -0.39 is 0 Å². The minimum Gasteiger partial charge on any atom is -0.366 e. The van der Waals surface area contributed by atoms with Gasteiger partial charge in [-0.05, 0) is 38.3 Å². The molecule has 0 aliphatic rings. The second-order valence-corrected chi connectivity index (χ2v) is 5.69. The van der Waals surface area contributed by atoms with E-state index in [1.807, 2.05) is 45.0 Å². The van der Waals surface area contributed by atoms with Crippen molar-refractivity contribution in [2.75, 3.05) is 11.9 Å². The van der Waals surface area contributed by atoms with Gasteiger partial charge in [0.1, 0.15) is 6.61 Å². The van der Waals surface area contributed by atoms with Crippen LogP contribution in [0.5, 0.6) is 0 Å². The lowest BCUT2D eigenvalue weighted by Gasteiger charge is -2.19. The first-order chi connectivity index (χ1) is 8.29. The summed E-state index contributed by atoms with van der Waals surface area (Å²) in [7, 11) is 0. The molecule has 1 amide bonds. The van der Waals surface area contributed by atoms with Crippen molar-refractivity contribution >= 4 is 11.6 Å². The molecule has 0 saturated carbocycles. The fourth-order valence-corrected chi connectivity index (χ4v) is 1.58. The molecule has 0 saturated heterocycles. The fourth-order valence-electron chi connectivity index (χ4n) is 1.58. The standard InChI is InChI=1S/C15H23NO2/c1-11(2)12-8-6-7-9-13(12)16-14(17)10-18-15(3,4)5/h6-9,11H,10H2,1-5H3,(H,16,17). The van der Waals surface area contributed by atoms with Crippen molar-refractivity contribution in [1.82, 2.24) is 0 Å². The molecule has 1 aromatic carbocycles. The Hall–Kier alpha value is -1.35. The van der Waals surface area contributed by atoms with Gasteiger partial charge in [-0.15, -0.1) is 0 Å². The summed E-state index contributed by atoms with van der Waals surface area (Å²) in [6.07, 6.45) is 0. The summed E-state index contributed by atoms with van der Waals surface area (Å²) in [6.45, 7) is 10.1. The smallest absolute Gasteiger partial charge is 0.250 e. The molecule has 18 heavy (non-hydrogen) atoms. The molecular formula is C15H23NO2. The minimum absolute atomic E-state index is 0.0793. The average Bonchev–Trinajstić information content (AvgIpc) is 2.26. The third kappa shape index (κ3) is 4.88. The summed E-state index contributed by atoms with van der Waals surface area (Å²) >= 11 is 0. The van der Waals surface area contributed by atoms with Crippen molar-refractivity contribution in [1.29, 1.82) is 0 Å². The Labute approximate surface area is 110 Å². The Kier molecular flexibility index (Phi) is 4.91. The van der Waals surface area contributed by atoms with Crippen molar-refractivity contribution in [2.24, 2.45) is 0 Å². The zero-order chi connectivity index (χ0) is 13.8. The molecule has 0 unspecified atom stereocenters. The quantitative estimate of drug-likeness (QED) is 0.886. The predicted molar refractivity (Wildman–Crippen MR) is 74.9 cm³/mol. The van der Waals surface area contributed by atoms with Crippen molar-refractivity contribution in [3.05, 3.63) is 29.8 Å². The van der Waals surface area contributed by atoms with Crippen molar-refractivity contribution in [2.45, 2.75) is 46.1 Å². The summed E-state index contributed by atoms with van der Waals surface area (Å²) in [5.74, 6) is 0.267. The molecule has 0 bridgehead atoms. The monoisotopic (exact) mass is 249 g/mol. The van der Waals surface area contributed by atoms with E-state index in [2.05, 4.69) is 19.2 Å². The zero-order valence-corrected chi connectivity index (χ0v) is 11.9. The van der Waals surface area contributed by atoms with E-state index in [0.717, 1.165) is 11.3 Å². The van der Waals surface area contributed by atoms with Gasteiger partial charge < -0.3 is 10.1 Å². The molecular weight excluding hydrogens is 226 g/mol. The lowest BCUT2D eigenvalue weighted by atomic mass is 10.0. The van der Waals surface area contributed by atoms with Gasteiger partial charge in [-0.2, -0.15) is 0 Å². The van der Waals surface area contributed by atoms with Crippen LogP contribution in [0.15, 0.2) is 24.3 Å². The molecule has 0 fully saturated rings. The number of carbonyl (C=O) groups excluding carboxylic acids is 1. The highest BCUT2D eigenvalue weighted by molar-refractivity contribution is 5.92. The van der Waals surface area contributed by atoms with Gasteiger partial charge in [0.2, 0.25) is 5.91 Å². The lowest BCUT2D eigenvalue weighted by molar-refractivity contribution is -0.125. The van der Waals surface area contributed by atoms with E-state index in [-0.39, 0.29) is 18.1 Å². The van der Waals surface area contributed by atoms with Crippen LogP contribution in [0.25, 0.3) is 0 Å². The molecule has 3 heteroatoms. The van der Waals surface area contributed by atoms with Crippen LogP contribution < -0.4 is 5.32 Å². The topological polar surface area (TPSA) is 38.3 Å². The number of para-hydroxylation sites is 1. The molecule has 1 N–H and O–H groups in total. The predicted octanol–water partition coefficient (Wildman–Crippen LogP) is 3.56. The Balaban J connectivity index is 2.65. The SMILES string of the molecule is CC(C)c1ccccc1NC(=O)COC(C)(C)C. The highest BCUT2D eigenvalue weighted by atomic mass is 16.5. The molecule has 0 aromatic heterocycles. The van der Waals surface area contributed by atoms with Gasteiger partial charge in [0.15, 0.2) is 0 Å². The van der Waals surface area contributed by atoms with Crippen LogP contribution in [-0.2, 0) is 9.53 Å². The normalized spacial score (nSPS) is 11.7. The van der Waals surface area contributed by atoms with E-state index in [9.17, 15) is 4.79 Å². The van der Waals surface area contributed by atoms with E-state index in [1.54, 1.807) is 0 Å². The van der Waals surface area contributed by atoms with E-state index in [1.165, 1.54) is 0 Å². The van der Waals surface area contributed by atoms with Gasteiger partial charge in [0.05, 0.1) is 5.60 Å². The Morgan fingerprint density at radius 3 is 2.44 bits per heavy atom. The molecule has 0 spiro atoms. The number of hydrogen-bond acceptors (Lipinski definition) is 2. The average molecular weight is 249 g/mol. The molecule has 100 valence electrons. The molecule has 0 aliphatic carbocycles. The molecule has 0 atom stereocenters. The van der Waals surface area contributed by atoms with Gasteiger partial charge in [0, 0.05) is 5.69 Å². The minimum atomic E-state index is -0.297. The Morgan fingerprint density at radius 1 is 1.28 bits per heavy atom. The van der Waals surface area contributed by atoms with Gasteiger partial charge in [-0.1, -0.05) is 32.0 Å². The first kappa shape index (κ1) is 14.7. The first-order valence-corrected chi connectivity index (χ1v) is 6.32. The highest BCUT2D eigenvalue weighted by Crippen LogP contribution is 2.23. The van der Waals surface area contributed by atoms with Crippen molar-refractivity contribution in [3.63, 3.8) is 0 Å². The Morgan fingerprint density at radius 2 is 1.89 bits per heavy atom. The van der Waals surface area contributed by atoms with E-state index in [4.69, 9.17) is 4.74 Å². The van der Waals surface area contributed by atoms with Crippen LogP contribution in [0.4, 0.5) is 5.69 Å². The summed E-state index contributed by atoms with van der Waals surface area (Å²) in [4.78, 5) is 11.8. The van der Waals surface area contributed by atoms with Gasteiger partial charge in [-0.3, -0.25) is 4.79 Å². The zero-order valence-electron chi connectivity index (χ0n) is 11.9. The number of nitrogens with one attached hydrogen (secondary N) is 1. The van der Waals surface area contributed by atoms with Crippen LogP contribution in [0.1, 0.15) is 46.1 Å². The Bertz CT molecular complexity index is 405. The highest BCUT2D eigenvalue weighted by Gasteiger charge is 2.14. The lowest BCUT2D eigenvalue weighted by Crippen LogP contribution is -2.27. The number of hydrogen-bond donors (Lipinski definition) is 1. The maximum Gasteiger partial charge on any atom is 0.250 e. The number of anilines is 1. The maximum atomic E-state index is 11.8. The molecule has 0 radical (unpaired) electrons. The summed E-state index contributed by atoms with van der Waals surface area (Å²) in [5.41, 5.74) is 1.71. The van der Waals surface area contributed by atoms with Gasteiger partial charge in [0.25, 0.3) is 0 Å². The van der Waals surface area contributed by atoms with Crippen LogP contribution >= 0.6 is 0 Å². The number of benzene rings is 1. The number of carbonyl (C=O) groups is 1. The largest absolute Gasteiger partial charge is 0.366 e. The maximum absolute atomic E-state index is 11.8. The number of ether oxygens (including phenoxy) is 1. The molecule has 1 aromatic rings. The molecule has 1 rings (SSSR count). The van der Waals surface area contributed by atoms with Crippen molar-refractivity contribution < 1.29 is 9.53 Å². The van der Waals surface area contributed by atoms with Crippen LogP contribution in [0, 0.1) is 0 Å². The molecule has 0 heterocycles. The fraction of sp³-hybridized carbons (Fsp3) is 0.533. The van der Waals surface area contributed by atoms with Gasteiger partial charge >= 0.3 is 0 Å².